The third kappa shape index (κ3) is 3.89. The minimum Gasteiger partial charge on any atom is -0.316 e. The lowest BCUT2D eigenvalue weighted by Crippen LogP contribution is -2.28. The van der Waals surface area contributed by atoms with Gasteiger partial charge in [0.2, 0.25) is 0 Å². The van der Waals surface area contributed by atoms with Crippen LogP contribution in [0.4, 0.5) is 4.39 Å². The molecule has 0 bridgehead atoms. The Balaban J connectivity index is 0.000000845. The van der Waals surface area contributed by atoms with E-state index >= 15 is 0 Å². The fraction of sp³-hybridized carbons (Fsp3) is 1.00. The van der Waals surface area contributed by atoms with Crippen molar-refractivity contribution in [1.82, 2.24) is 10.2 Å². The zero-order chi connectivity index (χ0) is 8.39. The summed E-state index contributed by atoms with van der Waals surface area (Å²) >= 11 is 0. The molecular formula is C9H19Cl2FN2. The topological polar surface area (TPSA) is 15.3 Å². The maximum Gasteiger partial charge on any atom is 0.114 e. The SMILES string of the molecule is Cl.Cl.F[C@@H]1CCN(CC2CCNC2)C1. The maximum absolute atomic E-state index is 12.8. The standard InChI is InChI=1S/C9H17FN2.2ClH/c10-9-2-4-12(7-9)6-8-1-3-11-5-8;;/h8-9,11H,1-7H2;2*1H/t8?,9-;;/m1../s1. The molecule has 0 aromatic heterocycles. The first-order valence-electron chi connectivity index (χ1n) is 4.92. The van der Waals surface area contributed by atoms with Crippen molar-refractivity contribution >= 4 is 24.8 Å². The molecule has 5 heteroatoms. The molecule has 2 aliphatic rings. The molecule has 0 aliphatic carbocycles. The van der Waals surface area contributed by atoms with Crippen LogP contribution in [0.1, 0.15) is 12.8 Å². The van der Waals surface area contributed by atoms with E-state index in [1.807, 2.05) is 0 Å². The molecule has 0 amide bonds. The van der Waals surface area contributed by atoms with Crippen molar-refractivity contribution in [2.75, 3.05) is 32.7 Å². The van der Waals surface area contributed by atoms with Crippen LogP contribution in [0.3, 0.4) is 0 Å². The van der Waals surface area contributed by atoms with Crippen molar-refractivity contribution in [1.29, 1.82) is 0 Å². The van der Waals surface area contributed by atoms with E-state index in [0.717, 1.165) is 38.5 Å². The van der Waals surface area contributed by atoms with Crippen molar-refractivity contribution in [3.63, 3.8) is 0 Å². The van der Waals surface area contributed by atoms with Gasteiger partial charge in [0.25, 0.3) is 0 Å². The highest BCUT2D eigenvalue weighted by Crippen LogP contribution is 2.16. The van der Waals surface area contributed by atoms with Crippen LogP contribution < -0.4 is 5.32 Å². The van der Waals surface area contributed by atoms with Crippen LogP contribution in [0.15, 0.2) is 0 Å². The van der Waals surface area contributed by atoms with E-state index in [2.05, 4.69) is 10.2 Å². The van der Waals surface area contributed by atoms with E-state index in [4.69, 9.17) is 0 Å². The van der Waals surface area contributed by atoms with E-state index in [-0.39, 0.29) is 24.8 Å². The van der Waals surface area contributed by atoms with Crippen molar-refractivity contribution in [3.8, 4) is 0 Å². The number of rotatable bonds is 2. The average molecular weight is 245 g/mol. The molecule has 2 atom stereocenters. The predicted molar refractivity (Wildman–Crippen MR) is 61.4 cm³/mol. The lowest BCUT2D eigenvalue weighted by molar-refractivity contribution is 0.257. The Kier molecular flexibility index (Phi) is 7.04. The van der Waals surface area contributed by atoms with E-state index in [0.29, 0.717) is 6.54 Å². The highest BCUT2D eigenvalue weighted by atomic mass is 35.5. The molecule has 2 aliphatic heterocycles. The van der Waals surface area contributed by atoms with E-state index < -0.39 is 6.17 Å². The molecule has 0 spiro atoms. The number of hydrogen-bond acceptors (Lipinski definition) is 2. The average Bonchev–Trinajstić information content (AvgIpc) is 2.63. The van der Waals surface area contributed by atoms with Gasteiger partial charge in [-0.2, -0.15) is 0 Å². The first-order valence-corrected chi connectivity index (χ1v) is 4.92. The molecule has 0 aromatic carbocycles. The van der Waals surface area contributed by atoms with Crippen LogP contribution in [0.5, 0.6) is 0 Å². The molecule has 0 radical (unpaired) electrons. The highest BCUT2D eigenvalue weighted by molar-refractivity contribution is 5.85. The predicted octanol–water partition coefficient (Wildman–Crippen LogP) is 1.48. The molecule has 2 saturated heterocycles. The minimum atomic E-state index is -0.556. The van der Waals surface area contributed by atoms with Gasteiger partial charge in [-0.25, -0.2) is 4.39 Å². The molecule has 1 unspecified atom stereocenters. The number of likely N-dealkylation sites (tertiary alicyclic amines) is 1. The monoisotopic (exact) mass is 244 g/mol. The van der Waals surface area contributed by atoms with Gasteiger partial charge < -0.3 is 10.2 Å². The largest absolute Gasteiger partial charge is 0.316 e. The van der Waals surface area contributed by atoms with Gasteiger partial charge in [-0.05, 0) is 31.8 Å². The number of halogens is 3. The summed E-state index contributed by atoms with van der Waals surface area (Å²) in [6, 6.07) is 0. The summed E-state index contributed by atoms with van der Waals surface area (Å²) in [5, 5.41) is 3.34. The van der Waals surface area contributed by atoms with Gasteiger partial charge in [-0.15, -0.1) is 24.8 Å². The second-order valence-corrected chi connectivity index (χ2v) is 4.00. The number of hydrogen-bond donors (Lipinski definition) is 1. The van der Waals surface area contributed by atoms with Crippen LogP contribution in [0.25, 0.3) is 0 Å². The first-order chi connectivity index (χ1) is 5.84. The Labute approximate surface area is 97.4 Å². The fourth-order valence-corrected chi connectivity index (χ4v) is 2.19. The van der Waals surface area contributed by atoms with Crippen molar-refractivity contribution in [2.24, 2.45) is 5.92 Å². The molecule has 14 heavy (non-hydrogen) atoms. The molecular weight excluding hydrogens is 226 g/mol. The van der Waals surface area contributed by atoms with Crippen LogP contribution in [0.2, 0.25) is 0 Å². The van der Waals surface area contributed by atoms with Crippen LogP contribution in [-0.4, -0.2) is 43.8 Å². The van der Waals surface area contributed by atoms with Gasteiger partial charge in [0.1, 0.15) is 6.17 Å². The Morgan fingerprint density at radius 2 is 2.07 bits per heavy atom. The van der Waals surface area contributed by atoms with Gasteiger partial charge in [-0.1, -0.05) is 0 Å². The van der Waals surface area contributed by atoms with Crippen molar-refractivity contribution in [2.45, 2.75) is 19.0 Å². The summed E-state index contributed by atoms with van der Waals surface area (Å²) in [4.78, 5) is 2.27. The van der Waals surface area contributed by atoms with E-state index in [9.17, 15) is 4.39 Å². The number of nitrogens with one attached hydrogen (secondary N) is 1. The fourth-order valence-electron chi connectivity index (χ4n) is 2.19. The van der Waals surface area contributed by atoms with Crippen molar-refractivity contribution in [3.05, 3.63) is 0 Å². The molecule has 86 valence electrons. The number of nitrogens with zero attached hydrogens (tertiary/aromatic N) is 1. The second kappa shape index (κ2) is 6.83. The van der Waals surface area contributed by atoms with Crippen LogP contribution in [0, 0.1) is 5.92 Å². The smallest absolute Gasteiger partial charge is 0.114 e. The van der Waals surface area contributed by atoms with Gasteiger partial charge >= 0.3 is 0 Å². The summed E-state index contributed by atoms with van der Waals surface area (Å²) in [6.45, 7) is 5.03. The lowest BCUT2D eigenvalue weighted by Gasteiger charge is -2.18. The molecule has 1 N–H and O–H groups in total. The van der Waals surface area contributed by atoms with Crippen LogP contribution >= 0.6 is 24.8 Å². The molecule has 2 nitrogen and oxygen atoms in total. The van der Waals surface area contributed by atoms with Gasteiger partial charge in [0, 0.05) is 19.6 Å². The third-order valence-electron chi connectivity index (χ3n) is 2.89. The number of alkyl halides is 1. The van der Waals surface area contributed by atoms with Gasteiger partial charge in [0.15, 0.2) is 0 Å². The minimum absolute atomic E-state index is 0. The Morgan fingerprint density at radius 1 is 1.29 bits per heavy atom. The molecule has 2 heterocycles. The normalized spacial score (nSPS) is 32.4. The van der Waals surface area contributed by atoms with E-state index in [1.165, 1.54) is 6.42 Å². The Morgan fingerprint density at radius 3 is 2.57 bits per heavy atom. The summed E-state index contributed by atoms with van der Waals surface area (Å²) in [6.07, 6.45) is 1.47. The summed E-state index contributed by atoms with van der Waals surface area (Å²) < 4.78 is 12.8. The summed E-state index contributed by atoms with van der Waals surface area (Å²) in [5.74, 6) is 0.773. The molecule has 2 fully saturated rings. The van der Waals surface area contributed by atoms with Crippen molar-refractivity contribution < 1.29 is 4.39 Å². The lowest BCUT2D eigenvalue weighted by atomic mass is 10.1. The van der Waals surface area contributed by atoms with E-state index in [1.54, 1.807) is 0 Å². The quantitative estimate of drug-likeness (QED) is 0.792. The zero-order valence-corrected chi connectivity index (χ0v) is 9.88. The summed E-state index contributed by atoms with van der Waals surface area (Å²) in [7, 11) is 0. The Bertz CT molecular complexity index is 154. The Hall–Kier alpha value is 0.430. The molecule has 0 saturated carbocycles. The first kappa shape index (κ1) is 14.4. The molecule has 0 aromatic rings. The zero-order valence-electron chi connectivity index (χ0n) is 8.25. The maximum atomic E-state index is 12.8. The third-order valence-corrected chi connectivity index (χ3v) is 2.89. The molecule has 2 rings (SSSR count). The highest BCUT2D eigenvalue weighted by Gasteiger charge is 2.25. The second-order valence-electron chi connectivity index (χ2n) is 4.00. The van der Waals surface area contributed by atoms with Crippen LogP contribution in [-0.2, 0) is 0 Å². The van der Waals surface area contributed by atoms with Gasteiger partial charge in [0.05, 0.1) is 0 Å². The van der Waals surface area contributed by atoms with Gasteiger partial charge in [-0.3, -0.25) is 0 Å². The summed E-state index contributed by atoms with van der Waals surface area (Å²) in [5.41, 5.74) is 0.